The average molecular weight is 320 g/mol. The maximum atomic E-state index is 5.06. The van der Waals surface area contributed by atoms with Crippen LogP contribution in [0.1, 0.15) is 31.4 Å². The van der Waals surface area contributed by atoms with Crippen LogP contribution in [0, 0.1) is 0 Å². The van der Waals surface area contributed by atoms with Gasteiger partial charge in [-0.1, -0.05) is 38.1 Å². The number of hydrogen-bond donors (Lipinski definition) is 2. The van der Waals surface area contributed by atoms with Crippen LogP contribution < -0.4 is 10.6 Å². The van der Waals surface area contributed by atoms with Gasteiger partial charge in [0.1, 0.15) is 0 Å². The Bertz CT molecular complexity index is 458. The second-order valence-electron chi connectivity index (χ2n) is 5.43. The van der Waals surface area contributed by atoms with Crippen LogP contribution in [-0.2, 0) is 17.8 Å². The number of ether oxygens (including phenoxy) is 1. The van der Waals surface area contributed by atoms with E-state index >= 15 is 0 Å². The molecule has 0 aliphatic heterocycles. The highest BCUT2D eigenvalue weighted by Gasteiger charge is 2.06. The van der Waals surface area contributed by atoms with Crippen LogP contribution in [0.4, 0.5) is 0 Å². The van der Waals surface area contributed by atoms with E-state index < -0.39 is 0 Å². The van der Waals surface area contributed by atoms with Gasteiger partial charge < -0.3 is 15.4 Å². The Morgan fingerprint density at radius 2 is 1.83 bits per heavy atom. The highest BCUT2D eigenvalue weighted by atomic mass is 16.5. The molecule has 2 N–H and O–H groups in total. The maximum Gasteiger partial charge on any atom is 0.191 e. The van der Waals surface area contributed by atoms with Crippen molar-refractivity contribution < 1.29 is 4.74 Å². The minimum absolute atomic E-state index is 0.761. The molecule has 0 saturated carbocycles. The number of aliphatic imine (C=N–C) groups is 1. The number of guanidine groups is 1. The summed E-state index contributed by atoms with van der Waals surface area (Å²) < 4.78 is 5.06. The molecule has 0 unspecified atom stereocenters. The number of rotatable bonds is 10. The first-order chi connectivity index (χ1) is 11.2. The summed E-state index contributed by atoms with van der Waals surface area (Å²) >= 11 is 0. The van der Waals surface area contributed by atoms with Crippen molar-refractivity contribution in [2.75, 3.05) is 40.4 Å². The lowest BCUT2D eigenvalue weighted by Gasteiger charge is -2.20. The van der Waals surface area contributed by atoms with Gasteiger partial charge in [0, 0.05) is 40.4 Å². The lowest BCUT2D eigenvalue weighted by Crippen LogP contribution is -2.37. The van der Waals surface area contributed by atoms with Gasteiger partial charge in [0.2, 0.25) is 0 Å². The Hall–Kier alpha value is -1.59. The molecule has 5 heteroatoms. The maximum absolute atomic E-state index is 5.06. The summed E-state index contributed by atoms with van der Waals surface area (Å²) in [6, 6.07) is 8.60. The fourth-order valence-corrected chi connectivity index (χ4v) is 2.40. The van der Waals surface area contributed by atoms with Crippen LogP contribution in [0.2, 0.25) is 0 Å². The Balaban J connectivity index is 2.55. The SMILES string of the molecule is CCN(CC)Cc1ccccc1CNC(=NC)NCCCOC. The van der Waals surface area contributed by atoms with E-state index in [1.54, 1.807) is 14.2 Å². The van der Waals surface area contributed by atoms with E-state index in [9.17, 15) is 0 Å². The molecule has 0 heterocycles. The molecular weight excluding hydrogens is 288 g/mol. The van der Waals surface area contributed by atoms with E-state index in [0.29, 0.717) is 0 Å². The summed E-state index contributed by atoms with van der Waals surface area (Å²) in [7, 11) is 3.52. The fourth-order valence-electron chi connectivity index (χ4n) is 2.40. The summed E-state index contributed by atoms with van der Waals surface area (Å²) in [6.45, 7) is 9.94. The lowest BCUT2D eigenvalue weighted by atomic mass is 10.1. The monoisotopic (exact) mass is 320 g/mol. The first-order valence-electron chi connectivity index (χ1n) is 8.47. The normalized spacial score (nSPS) is 11.8. The van der Waals surface area contributed by atoms with Gasteiger partial charge in [-0.15, -0.1) is 0 Å². The molecule has 130 valence electrons. The molecule has 1 rings (SSSR count). The van der Waals surface area contributed by atoms with Crippen molar-refractivity contribution >= 4 is 5.96 Å². The summed E-state index contributed by atoms with van der Waals surface area (Å²) in [6.07, 6.45) is 0.968. The molecule has 0 bridgehead atoms. The van der Waals surface area contributed by atoms with Gasteiger partial charge in [-0.25, -0.2) is 0 Å². The highest BCUT2D eigenvalue weighted by molar-refractivity contribution is 5.79. The molecule has 0 atom stereocenters. The third kappa shape index (κ3) is 7.48. The average Bonchev–Trinajstić information content (AvgIpc) is 2.60. The van der Waals surface area contributed by atoms with Gasteiger partial charge in [-0.3, -0.25) is 9.89 Å². The van der Waals surface area contributed by atoms with Crippen molar-refractivity contribution in [2.45, 2.75) is 33.4 Å². The molecule has 0 aliphatic rings. The van der Waals surface area contributed by atoms with Crippen molar-refractivity contribution in [2.24, 2.45) is 4.99 Å². The van der Waals surface area contributed by atoms with Crippen LogP contribution >= 0.6 is 0 Å². The van der Waals surface area contributed by atoms with Crippen molar-refractivity contribution in [3.8, 4) is 0 Å². The molecule has 23 heavy (non-hydrogen) atoms. The van der Waals surface area contributed by atoms with E-state index in [4.69, 9.17) is 4.74 Å². The van der Waals surface area contributed by atoms with Crippen molar-refractivity contribution in [1.29, 1.82) is 0 Å². The zero-order valence-electron chi connectivity index (χ0n) is 15.1. The minimum atomic E-state index is 0.761. The van der Waals surface area contributed by atoms with Crippen LogP contribution in [0.25, 0.3) is 0 Å². The molecule has 5 nitrogen and oxygen atoms in total. The van der Waals surface area contributed by atoms with E-state index in [1.807, 2.05) is 0 Å². The quantitative estimate of drug-likeness (QED) is 0.394. The molecule has 0 aromatic heterocycles. The van der Waals surface area contributed by atoms with E-state index in [0.717, 1.165) is 51.7 Å². The van der Waals surface area contributed by atoms with Crippen LogP contribution in [0.15, 0.2) is 29.3 Å². The molecular formula is C18H32N4O. The molecule has 1 aromatic carbocycles. The van der Waals surface area contributed by atoms with E-state index in [2.05, 4.69) is 58.6 Å². The fraction of sp³-hybridized carbons (Fsp3) is 0.611. The Morgan fingerprint density at radius 3 is 2.43 bits per heavy atom. The smallest absolute Gasteiger partial charge is 0.191 e. The summed E-state index contributed by atoms with van der Waals surface area (Å²) in [5, 5.41) is 6.70. The van der Waals surface area contributed by atoms with Gasteiger partial charge in [-0.2, -0.15) is 0 Å². The van der Waals surface area contributed by atoms with Gasteiger partial charge >= 0.3 is 0 Å². The molecule has 0 aliphatic carbocycles. The van der Waals surface area contributed by atoms with Crippen molar-refractivity contribution in [3.05, 3.63) is 35.4 Å². The predicted molar refractivity (Wildman–Crippen MR) is 97.8 cm³/mol. The van der Waals surface area contributed by atoms with Gasteiger partial charge in [-0.05, 0) is 30.6 Å². The molecule has 0 radical (unpaired) electrons. The second kappa shape index (κ2) is 11.9. The topological polar surface area (TPSA) is 48.9 Å². The third-order valence-electron chi connectivity index (χ3n) is 3.89. The zero-order chi connectivity index (χ0) is 16.9. The number of hydrogen-bond acceptors (Lipinski definition) is 3. The van der Waals surface area contributed by atoms with Crippen LogP contribution in [-0.4, -0.2) is 51.3 Å². The zero-order valence-corrected chi connectivity index (χ0v) is 15.1. The summed E-state index contributed by atoms with van der Waals surface area (Å²) in [5.41, 5.74) is 2.69. The first-order valence-corrected chi connectivity index (χ1v) is 8.47. The largest absolute Gasteiger partial charge is 0.385 e. The number of nitrogens with one attached hydrogen (secondary N) is 2. The lowest BCUT2D eigenvalue weighted by molar-refractivity contribution is 0.195. The molecule has 0 saturated heterocycles. The van der Waals surface area contributed by atoms with Crippen LogP contribution in [0.5, 0.6) is 0 Å². The Labute approximate surface area is 141 Å². The highest BCUT2D eigenvalue weighted by Crippen LogP contribution is 2.11. The Morgan fingerprint density at radius 1 is 1.13 bits per heavy atom. The standard InChI is InChI=1S/C18H32N4O/c1-5-22(6-2)15-17-11-8-7-10-16(17)14-21-18(19-3)20-12-9-13-23-4/h7-8,10-11H,5-6,9,12-15H2,1-4H3,(H2,19,20,21). The van der Waals surface area contributed by atoms with Crippen LogP contribution in [0.3, 0.4) is 0 Å². The van der Waals surface area contributed by atoms with Gasteiger partial charge in [0.15, 0.2) is 5.96 Å². The molecule has 0 fully saturated rings. The number of benzene rings is 1. The first kappa shape index (κ1) is 19.5. The van der Waals surface area contributed by atoms with E-state index in [1.165, 1.54) is 11.1 Å². The molecule has 0 amide bonds. The third-order valence-corrected chi connectivity index (χ3v) is 3.89. The summed E-state index contributed by atoms with van der Waals surface area (Å²) in [5.74, 6) is 0.832. The minimum Gasteiger partial charge on any atom is -0.385 e. The van der Waals surface area contributed by atoms with Crippen molar-refractivity contribution in [1.82, 2.24) is 15.5 Å². The molecule has 0 spiro atoms. The predicted octanol–water partition coefficient (Wildman–Crippen LogP) is 2.23. The van der Waals surface area contributed by atoms with Gasteiger partial charge in [0.25, 0.3) is 0 Å². The number of methoxy groups -OCH3 is 1. The summed E-state index contributed by atoms with van der Waals surface area (Å²) in [4.78, 5) is 6.69. The van der Waals surface area contributed by atoms with Gasteiger partial charge in [0.05, 0.1) is 0 Å². The Kier molecular flexibility index (Phi) is 10.1. The second-order valence-corrected chi connectivity index (χ2v) is 5.43. The van der Waals surface area contributed by atoms with E-state index in [-0.39, 0.29) is 0 Å². The van der Waals surface area contributed by atoms with Crippen molar-refractivity contribution in [3.63, 3.8) is 0 Å². The molecule has 1 aromatic rings. The number of nitrogens with zero attached hydrogens (tertiary/aromatic N) is 2.